The number of aromatic nitrogens is 3. The molecule has 7 nitrogen and oxygen atoms in total. The Hall–Kier alpha value is -1.58. The SMILES string of the molecule is Cc1nnc(N2C[C@H]3[C@H](CNC(=O)c4cscn4)CO[C@H]3C2)s1. The number of nitrogens with one attached hydrogen (secondary N) is 1. The second-order valence-corrected chi connectivity index (χ2v) is 7.77. The molecule has 2 aromatic rings. The molecule has 2 saturated heterocycles. The van der Waals surface area contributed by atoms with Gasteiger partial charge >= 0.3 is 0 Å². The van der Waals surface area contributed by atoms with Crippen molar-refractivity contribution in [3.63, 3.8) is 0 Å². The molecule has 1 amide bonds. The highest BCUT2D eigenvalue weighted by Gasteiger charge is 2.44. The summed E-state index contributed by atoms with van der Waals surface area (Å²) >= 11 is 3.04. The molecule has 0 bridgehead atoms. The van der Waals surface area contributed by atoms with E-state index in [0.717, 1.165) is 23.2 Å². The van der Waals surface area contributed by atoms with Crippen LogP contribution in [0, 0.1) is 18.8 Å². The Bertz CT molecular complexity index is 689. The molecule has 2 aliphatic heterocycles. The average Bonchev–Trinajstić information content (AvgIpc) is 3.29. The maximum atomic E-state index is 12.0. The molecule has 4 rings (SSSR count). The second kappa shape index (κ2) is 6.14. The molecular formula is C14H17N5O2S2. The van der Waals surface area contributed by atoms with Crippen molar-refractivity contribution in [2.24, 2.45) is 11.8 Å². The summed E-state index contributed by atoms with van der Waals surface area (Å²) in [5, 5.41) is 15.0. The highest BCUT2D eigenvalue weighted by molar-refractivity contribution is 7.15. The predicted molar refractivity (Wildman–Crippen MR) is 88.0 cm³/mol. The van der Waals surface area contributed by atoms with E-state index in [4.69, 9.17) is 4.74 Å². The number of carbonyl (C=O) groups excluding carboxylic acids is 1. The number of thiazole rings is 1. The number of anilines is 1. The van der Waals surface area contributed by atoms with Crippen molar-refractivity contribution >= 4 is 33.7 Å². The zero-order valence-corrected chi connectivity index (χ0v) is 14.3. The van der Waals surface area contributed by atoms with Crippen LogP contribution in [0.3, 0.4) is 0 Å². The van der Waals surface area contributed by atoms with Crippen molar-refractivity contribution < 1.29 is 9.53 Å². The fourth-order valence-electron chi connectivity index (χ4n) is 3.22. The minimum absolute atomic E-state index is 0.107. The molecule has 3 atom stereocenters. The van der Waals surface area contributed by atoms with Crippen LogP contribution in [0.5, 0.6) is 0 Å². The molecule has 0 saturated carbocycles. The van der Waals surface area contributed by atoms with Crippen LogP contribution >= 0.6 is 22.7 Å². The Kier molecular flexibility index (Phi) is 4.00. The molecule has 1 N–H and O–H groups in total. The standard InChI is InChI=1S/C14H17N5O2S2/c1-8-17-18-14(23-8)19-3-10-9(5-21-12(10)4-19)2-15-13(20)11-6-22-7-16-11/h6-7,9-10,12H,2-5H2,1H3,(H,15,20)/t9-,10+,12+/m1/s1. The summed E-state index contributed by atoms with van der Waals surface area (Å²) in [6.45, 7) is 5.06. The zero-order chi connectivity index (χ0) is 15.8. The van der Waals surface area contributed by atoms with E-state index in [1.165, 1.54) is 11.3 Å². The first-order valence-electron chi connectivity index (χ1n) is 7.54. The number of carbonyl (C=O) groups is 1. The van der Waals surface area contributed by atoms with Gasteiger partial charge < -0.3 is 15.0 Å². The van der Waals surface area contributed by atoms with Crippen LogP contribution in [0.4, 0.5) is 5.13 Å². The molecule has 9 heteroatoms. The van der Waals surface area contributed by atoms with Gasteiger partial charge in [-0.1, -0.05) is 11.3 Å². The number of hydrogen-bond acceptors (Lipinski definition) is 8. The first-order chi connectivity index (χ1) is 11.2. The number of aryl methyl sites for hydroxylation is 1. The summed E-state index contributed by atoms with van der Waals surface area (Å²) < 4.78 is 5.92. The molecule has 0 unspecified atom stereocenters. The van der Waals surface area contributed by atoms with Gasteiger partial charge in [0.25, 0.3) is 5.91 Å². The van der Waals surface area contributed by atoms with Crippen LogP contribution < -0.4 is 10.2 Å². The first-order valence-corrected chi connectivity index (χ1v) is 9.29. The summed E-state index contributed by atoms with van der Waals surface area (Å²) in [6, 6.07) is 0. The third-order valence-corrected chi connectivity index (χ3v) is 5.90. The van der Waals surface area contributed by atoms with Crippen LogP contribution in [0.15, 0.2) is 10.9 Å². The fraction of sp³-hybridized carbons (Fsp3) is 0.571. The lowest BCUT2D eigenvalue weighted by atomic mass is 9.93. The second-order valence-electron chi connectivity index (χ2n) is 5.89. The molecule has 2 aliphatic rings. The Morgan fingerprint density at radius 3 is 3.13 bits per heavy atom. The molecule has 23 heavy (non-hydrogen) atoms. The lowest BCUT2D eigenvalue weighted by Gasteiger charge is -2.18. The largest absolute Gasteiger partial charge is 0.376 e. The third kappa shape index (κ3) is 2.96. The van der Waals surface area contributed by atoms with E-state index in [1.807, 2.05) is 6.92 Å². The van der Waals surface area contributed by atoms with Crippen LogP contribution in [0.1, 0.15) is 15.5 Å². The van der Waals surface area contributed by atoms with E-state index in [9.17, 15) is 4.79 Å². The van der Waals surface area contributed by atoms with E-state index in [0.29, 0.717) is 30.7 Å². The summed E-state index contributed by atoms with van der Waals surface area (Å²) in [7, 11) is 0. The Labute approximate surface area is 141 Å². The molecule has 2 fully saturated rings. The van der Waals surface area contributed by atoms with Gasteiger partial charge in [-0.25, -0.2) is 4.98 Å². The maximum absolute atomic E-state index is 12.0. The number of nitrogens with zero attached hydrogens (tertiary/aromatic N) is 4. The predicted octanol–water partition coefficient (Wildman–Crippen LogP) is 1.18. The number of fused-ring (bicyclic) bond motifs is 1. The highest BCUT2D eigenvalue weighted by atomic mass is 32.1. The van der Waals surface area contributed by atoms with Crippen molar-refractivity contribution in [1.82, 2.24) is 20.5 Å². The molecular weight excluding hydrogens is 334 g/mol. The molecule has 2 aromatic heterocycles. The van der Waals surface area contributed by atoms with Crippen molar-refractivity contribution in [1.29, 1.82) is 0 Å². The molecule has 0 aromatic carbocycles. The van der Waals surface area contributed by atoms with E-state index in [2.05, 4.69) is 25.4 Å². The van der Waals surface area contributed by atoms with Crippen LogP contribution in [0.25, 0.3) is 0 Å². The number of rotatable bonds is 4. The minimum atomic E-state index is -0.107. The number of hydrogen-bond donors (Lipinski definition) is 1. The van der Waals surface area contributed by atoms with Gasteiger partial charge in [0, 0.05) is 36.9 Å². The average molecular weight is 351 g/mol. The lowest BCUT2D eigenvalue weighted by molar-refractivity contribution is 0.0935. The van der Waals surface area contributed by atoms with Gasteiger partial charge in [-0.2, -0.15) is 0 Å². The van der Waals surface area contributed by atoms with E-state index >= 15 is 0 Å². The quantitative estimate of drug-likeness (QED) is 0.891. The first kappa shape index (κ1) is 15.0. The Morgan fingerprint density at radius 1 is 1.48 bits per heavy atom. The van der Waals surface area contributed by atoms with Crippen LogP contribution in [0.2, 0.25) is 0 Å². The molecule has 0 spiro atoms. The Balaban J connectivity index is 1.35. The molecule has 122 valence electrons. The van der Waals surface area contributed by atoms with Crippen LogP contribution in [-0.2, 0) is 4.74 Å². The van der Waals surface area contributed by atoms with Gasteiger partial charge in [0.1, 0.15) is 10.7 Å². The van der Waals surface area contributed by atoms with Gasteiger partial charge in [-0.15, -0.1) is 21.5 Å². The van der Waals surface area contributed by atoms with E-state index < -0.39 is 0 Å². The fourth-order valence-corrected chi connectivity index (χ4v) is 4.46. The van der Waals surface area contributed by atoms with E-state index in [-0.39, 0.29) is 12.0 Å². The molecule has 0 radical (unpaired) electrons. The maximum Gasteiger partial charge on any atom is 0.270 e. The van der Waals surface area contributed by atoms with Crippen molar-refractivity contribution in [3.05, 3.63) is 21.6 Å². The Morgan fingerprint density at radius 2 is 2.39 bits per heavy atom. The van der Waals surface area contributed by atoms with Gasteiger partial charge in [-0.3, -0.25) is 4.79 Å². The summed E-state index contributed by atoms with van der Waals surface area (Å²) in [5.41, 5.74) is 2.16. The molecule has 0 aliphatic carbocycles. The summed E-state index contributed by atoms with van der Waals surface area (Å²) in [6.07, 6.45) is 0.223. The topological polar surface area (TPSA) is 80.2 Å². The van der Waals surface area contributed by atoms with Gasteiger partial charge in [0.2, 0.25) is 5.13 Å². The summed E-state index contributed by atoms with van der Waals surface area (Å²) in [5.74, 6) is 0.654. The normalized spacial score (nSPS) is 26.5. The number of amides is 1. The van der Waals surface area contributed by atoms with Crippen molar-refractivity contribution in [2.45, 2.75) is 13.0 Å². The zero-order valence-electron chi connectivity index (χ0n) is 12.6. The van der Waals surface area contributed by atoms with Crippen molar-refractivity contribution in [2.75, 3.05) is 31.1 Å². The van der Waals surface area contributed by atoms with Gasteiger partial charge in [0.05, 0.1) is 18.2 Å². The number of ether oxygens (including phenoxy) is 1. The highest BCUT2D eigenvalue weighted by Crippen LogP contribution is 2.36. The van der Waals surface area contributed by atoms with Crippen LogP contribution in [-0.4, -0.2) is 53.4 Å². The van der Waals surface area contributed by atoms with Gasteiger partial charge in [0.15, 0.2) is 0 Å². The minimum Gasteiger partial charge on any atom is -0.376 e. The third-order valence-electron chi connectivity index (χ3n) is 4.41. The van der Waals surface area contributed by atoms with Gasteiger partial charge in [-0.05, 0) is 6.92 Å². The monoisotopic (exact) mass is 351 g/mol. The smallest absolute Gasteiger partial charge is 0.270 e. The van der Waals surface area contributed by atoms with Crippen molar-refractivity contribution in [3.8, 4) is 0 Å². The summed E-state index contributed by atoms with van der Waals surface area (Å²) in [4.78, 5) is 18.3. The van der Waals surface area contributed by atoms with E-state index in [1.54, 1.807) is 22.2 Å². The lowest BCUT2D eigenvalue weighted by Crippen LogP contribution is -2.34. The molecule has 4 heterocycles.